The molecule has 1 saturated heterocycles. The molecule has 5 heteroatoms. The second kappa shape index (κ2) is 9.52. The van der Waals surface area contributed by atoms with Gasteiger partial charge in [-0.15, -0.1) is 0 Å². The summed E-state index contributed by atoms with van der Waals surface area (Å²) in [5.41, 5.74) is 3.56. The van der Waals surface area contributed by atoms with Crippen LogP contribution < -0.4 is 19.9 Å². The zero-order valence-electron chi connectivity index (χ0n) is 18.1. The van der Waals surface area contributed by atoms with Gasteiger partial charge in [-0.1, -0.05) is 24.3 Å². The summed E-state index contributed by atoms with van der Waals surface area (Å²) in [6.07, 6.45) is 3.50. The Labute approximate surface area is 180 Å². The molecular formula is C25H33N3O2. The van der Waals surface area contributed by atoms with Crippen molar-refractivity contribution in [1.82, 2.24) is 5.32 Å². The molecule has 1 atom stereocenters. The van der Waals surface area contributed by atoms with Crippen LogP contribution in [0.3, 0.4) is 0 Å². The van der Waals surface area contributed by atoms with E-state index in [1.165, 1.54) is 11.3 Å². The molecule has 0 bridgehead atoms. The summed E-state index contributed by atoms with van der Waals surface area (Å²) in [4.78, 5) is 16.8. The molecule has 0 saturated carbocycles. The molecule has 2 aliphatic rings. The zero-order valence-corrected chi connectivity index (χ0v) is 18.1. The van der Waals surface area contributed by atoms with Gasteiger partial charge >= 0.3 is 0 Å². The fourth-order valence-electron chi connectivity index (χ4n) is 4.62. The van der Waals surface area contributed by atoms with Gasteiger partial charge in [-0.3, -0.25) is 4.79 Å². The van der Waals surface area contributed by atoms with Crippen molar-refractivity contribution in [3.8, 4) is 5.75 Å². The minimum atomic E-state index is 0.162. The van der Waals surface area contributed by atoms with Crippen molar-refractivity contribution in [2.24, 2.45) is 0 Å². The van der Waals surface area contributed by atoms with Gasteiger partial charge in [0.2, 0.25) is 5.91 Å². The first kappa shape index (κ1) is 20.7. The molecule has 30 heavy (non-hydrogen) atoms. The summed E-state index contributed by atoms with van der Waals surface area (Å²) in [6, 6.07) is 17.5. The van der Waals surface area contributed by atoms with Gasteiger partial charge in [0.1, 0.15) is 5.75 Å². The first-order valence-electron chi connectivity index (χ1n) is 11.2. The van der Waals surface area contributed by atoms with Crippen molar-refractivity contribution < 1.29 is 9.53 Å². The molecule has 0 spiro atoms. The number of carbonyl (C=O) groups excluding carboxylic acids is 1. The third-order valence-electron chi connectivity index (χ3n) is 6.10. The number of nitrogens with one attached hydrogen (secondary N) is 1. The maximum Gasteiger partial charge on any atom is 0.227 e. The van der Waals surface area contributed by atoms with Crippen LogP contribution in [-0.4, -0.2) is 44.2 Å². The number of amides is 1. The first-order valence-corrected chi connectivity index (χ1v) is 11.2. The quantitative estimate of drug-likeness (QED) is 0.705. The Morgan fingerprint density at radius 2 is 1.97 bits per heavy atom. The Hall–Kier alpha value is -2.53. The van der Waals surface area contributed by atoms with Crippen molar-refractivity contribution in [3.05, 3.63) is 54.1 Å². The number of anilines is 2. The summed E-state index contributed by atoms with van der Waals surface area (Å²) in [6.45, 7) is 7.91. The Balaban J connectivity index is 1.34. The Morgan fingerprint density at radius 3 is 2.77 bits per heavy atom. The smallest absolute Gasteiger partial charge is 0.227 e. The first-order chi connectivity index (χ1) is 14.6. The van der Waals surface area contributed by atoms with Gasteiger partial charge in [0.25, 0.3) is 0 Å². The molecule has 0 aliphatic carbocycles. The van der Waals surface area contributed by atoms with Crippen molar-refractivity contribution in [2.75, 3.05) is 36.0 Å². The highest BCUT2D eigenvalue weighted by atomic mass is 16.5. The van der Waals surface area contributed by atoms with Gasteiger partial charge in [-0.25, -0.2) is 0 Å². The zero-order chi connectivity index (χ0) is 20.9. The van der Waals surface area contributed by atoms with Crippen molar-refractivity contribution in [3.63, 3.8) is 0 Å². The lowest BCUT2D eigenvalue weighted by Crippen LogP contribution is -2.51. The van der Waals surface area contributed by atoms with E-state index in [0.29, 0.717) is 19.1 Å². The molecule has 5 nitrogen and oxygen atoms in total. The summed E-state index contributed by atoms with van der Waals surface area (Å²) < 4.78 is 6.09. The number of hydrogen-bond acceptors (Lipinski definition) is 4. The molecule has 2 aromatic carbocycles. The fraction of sp³-hybridized carbons (Fsp3) is 0.480. The van der Waals surface area contributed by atoms with Crippen LogP contribution in [0.4, 0.5) is 11.4 Å². The predicted molar refractivity (Wildman–Crippen MR) is 123 cm³/mol. The monoisotopic (exact) mass is 407 g/mol. The number of para-hydroxylation sites is 1. The molecule has 2 aliphatic heterocycles. The normalized spacial score (nSPS) is 19.2. The topological polar surface area (TPSA) is 44.8 Å². The summed E-state index contributed by atoms with van der Waals surface area (Å²) in [7, 11) is 0. The van der Waals surface area contributed by atoms with Crippen LogP contribution >= 0.6 is 0 Å². The standard InChI is InChI=1S/C25H33N3O2/c1-19(2)28-24-17-23(12-10-20(24)11-13-25(28)29)30-16-6-9-22-18-26-14-15-27(22)21-7-4-3-5-8-21/h3-5,7-8,10,12,17,19,22,26H,6,9,11,13-16,18H2,1-2H3. The largest absolute Gasteiger partial charge is 0.494 e. The van der Waals surface area contributed by atoms with Crippen molar-refractivity contribution in [2.45, 2.75) is 51.6 Å². The van der Waals surface area contributed by atoms with E-state index >= 15 is 0 Å². The molecular weight excluding hydrogens is 374 g/mol. The van der Waals surface area contributed by atoms with Crippen LogP contribution in [0.5, 0.6) is 5.75 Å². The van der Waals surface area contributed by atoms with E-state index < -0.39 is 0 Å². The molecule has 1 unspecified atom stereocenters. The van der Waals surface area contributed by atoms with E-state index in [0.717, 1.165) is 50.3 Å². The summed E-state index contributed by atoms with van der Waals surface area (Å²) in [5, 5.41) is 3.53. The third-order valence-corrected chi connectivity index (χ3v) is 6.10. The summed E-state index contributed by atoms with van der Waals surface area (Å²) in [5.74, 6) is 1.07. The lowest BCUT2D eigenvalue weighted by Gasteiger charge is -2.38. The molecule has 160 valence electrons. The molecule has 4 rings (SSSR count). The van der Waals surface area contributed by atoms with Gasteiger partial charge in [0.05, 0.1) is 12.3 Å². The Kier molecular flexibility index (Phi) is 6.58. The average molecular weight is 408 g/mol. The number of rotatable bonds is 7. The van der Waals surface area contributed by atoms with E-state index in [9.17, 15) is 4.79 Å². The SMILES string of the molecule is CC(C)N1C(=O)CCc2ccc(OCCCC3CNCCN3c3ccccc3)cc21. The second-order valence-electron chi connectivity index (χ2n) is 8.53. The Bertz CT molecular complexity index is 853. The van der Waals surface area contributed by atoms with E-state index in [-0.39, 0.29) is 11.9 Å². The number of ether oxygens (including phenoxy) is 1. The molecule has 2 heterocycles. The van der Waals surface area contributed by atoms with Crippen LogP contribution in [0, 0.1) is 0 Å². The van der Waals surface area contributed by atoms with E-state index in [1.54, 1.807) is 0 Å². The van der Waals surface area contributed by atoms with Gasteiger partial charge in [0, 0.05) is 49.9 Å². The highest BCUT2D eigenvalue weighted by molar-refractivity contribution is 5.97. The molecule has 1 amide bonds. The van der Waals surface area contributed by atoms with E-state index in [1.807, 2.05) is 17.0 Å². The minimum absolute atomic E-state index is 0.162. The lowest BCUT2D eigenvalue weighted by atomic mass is 9.99. The fourth-order valence-corrected chi connectivity index (χ4v) is 4.62. The minimum Gasteiger partial charge on any atom is -0.494 e. The van der Waals surface area contributed by atoms with Crippen LogP contribution in [0.15, 0.2) is 48.5 Å². The van der Waals surface area contributed by atoms with Gasteiger partial charge in [0.15, 0.2) is 0 Å². The van der Waals surface area contributed by atoms with E-state index in [2.05, 4.69) is 60.5 Å². The molecule has 1 N–H and O–H groups in total. The van der Waals surface area contributed by atoms with Gasteiger partial charge < -0.3 is 19.9 Å². The number of carbonyl (C=O) groups is 1. The van der Waals surface area contributed by atoms with Crippen molar-refractivity contribution in [1.29, 1.82) is 0 Å². The van der Waals surface area contributed by atoms with E-state index in [4.69, 9.17) is 4.74 Å². The maximum absolute atomic E-state index is 12.4. The van der Waals surface area contributed by atoms with Crippen LogP contribution in [-0.2, 0) is 11.2 Å². The lowest BCUT2D eigenvalue weighted by molar-refractivity contribution is -0.119. The highest BCUT2D eigenvalue weighted by Gasteiger charge is 2.26. The number of aryl methyl sites for hydroxylation is 1. The third kappa shape index (κ3) is 4.62. The maximum atomic E-state index is 12.4. The molecule has 0 radical (unpaired) electrons. The number of fused-ring (bicyclic) bond motifs is 1. The molecule has 0 aromatic heterocycles. The number of hydrogen-bond donors (Lipinski definition) is 1. The Morgan fingerprint density at radius 1 is 1.13 bits per heavy atom. The van der Waals surface area contributed by atoms with Gasteiger partial charge in [-0.05, 0) is 56.9 Å². The predicted octanol–water partition coefficient (Wildman–Crippen LogP) is 4.01. The summed E-state index contributed by atoms with van der Waals surface area (Å²) >= 11 is 0. The number of piperazine rings is 1. The number of benzene rings is 2. The van der Waals surface area contributed by atoms with Crippen LogP contribution in [0.1, 0.15) is 38.7 Å². The van der Waals surface area contributed by atoms with Crippen LogP contribution in [0.2, 0.25) is 0 Å². The van der Waals surface area contributed by atoms with Crippen LogP contribution in [0.25, 0.3) is 0 Å². The average Bonchev–Trinajstić information content (AvgIpc) is 2.77. The molecule has 2 aromatic rings. The second-order valence-corrected chi connectivity index (χ2v) is 8.53. The van der Waals surface area contributed by atoms with Crippen molar-refractivity contribution >= 4 is 17.3 Å². The molecule has 1 fully saturated rings. The van der Waals surface area contributed by atoms with Gasteiger partial charge in [-0.2, -0.15) is 0 Å². The number of nitrogens with zero attached hydrogens (tertiary/aromatic N) is 2. The highest BCUT2D eigenvalue weighted by Crippen LogP contribution is 2.33.